The minimum Gasteiger partial charge on any atom is -0.443 e. The first-order chi connectivity index (χ1) is 2.83. The van der Waals surface area contributed by atoms with Crippen LogP contribution >= 0.6 is 0 Å². The number of rotatable bonds is 0. The Hall–Kier alpha value is 0.0605. The van der Waals surface area contributed by atoms with Crippen molar-refractivity contribution in [2.24, 2.45) is 0 Å². The predicted octanol–water partition coefficient (Wildman–Crippen LogP) is 1.48. The molecule has 0 bridgehead atoms. The number of nitriles is 2. The summed E-state index contributed by atoms with van der Waals surface area (Å²) < 4.78 is 0. The molecule has 0 aliphatic carbocycles. The van der Waals surface area contributed by atoms with Crippen molar-refractivity contribution in [2.45, 2.75) is 0 Å². The van der Waals surface area contributed by atoms with Gasteiger partial charge >= 0.3 is 0 Å². The van der Waals surface area contributed by atoms with E-state index in [-0.39, 0.29) is 74.5 Å². The summed E-state index contributed by atoms with van der Waals surface area (Å²) in [5, 5.41) is 27.5. The monoisotopic (exact) mass is 540 g/mol. The van der Waals surface area contributed by atoms with Gasteiger partial charge in [0.1, 0.15) is 0 Å². The van der Waals surface area contributed by atoms with Crippen LogP contribution in [0.3, 0.4) is 0 Å². The molecule has 0 unspecified atom stereocenters. The fraction of sp³-hybridized carbons (Fsp3) is 0. The SMILES string of the molecule is N#CO.N#CO.[Au].[Au].[CH3-].[CH3-].[CH3-].[CH3-]. The first-order valence-corrected chi connectivity index (χ1v) is 0.894. The van der Waals surface area contributed by atoms with Crippen molar-refractivity contribution in [2.75, 3.05) is 0 Å². The predicted molar refractivity (Wildman–Crippen MR) is 40.8 cm³/mol. The molecule has 0 fully saturated rings. The quantitative estimate of drug-likeness (QED) is 0.277. The second-order valence-electron chi connectivity index (χ2n) is 0.200. The summed E-state index contributed by atoms with van der Waals surface area (Å²) >= 11 is 0. The third-order valence-electron chi connectivity index (χ3n) is 0. The van der Waals surface area contributed by atoms with Crippen LogP contribution in [0.2, 0.25) is 0 Å². The standard InChI is InChI=1S/2CHNO.4CH3.2Au/c2*2-1-3;;;;;;/h2*3H;4*1H3;;/q;;4*-1;;. The molecule has 0 heterocycles. The Labute approximate surface area is 107 Å². The minimum absolute atomic E-state index is 0. The molecule has 12 heavy (non-hydrogen) atoms. The van der Waals surface area contributed by atoms with Crippen molar-refractivity contribution in [3.8, 4) is 12.5 Å². The zero-order chi connectivity index (χ0) is 5.41. The smallest absolute Gasteiger partial charge is 0.283 e. The number of aliphatic hydroxyl groups is 2. The number of hydrogen-bond donors (Lipinski definition) is 2. The molecule has 0 aliphatic heterocycles. The summed E-state index contributed by atoms with van der Waals surface area (Å²) in [4.78, 5) is 0. The Morgan fingerprint density at radius 2 is 0.667 bits per heavy atom. The molecule has 0 amide bonds. The molecule has 4 nitrogen and oxygen atoms in total. The van der Waals surface area contributed by atoms with Crippen LogP contribution in [-0.2, 0) is 44.8 Å². The molecule has 0 aromatic carbocycles. The average molecular weight is 540 g/mol. The van der Waals surface area contributed by atoms with E-state index in [1.807, 2.05) is 0 Å². The summed E-state index contributed by atoms with van der Waals surface area (Å²) in [5.41, 5.74) is 0. The Balaban J connectivity index is -0.00000000296. The first-order valence-electron chi connectivity index (χ1n) is 0.894. The molecule has 0 atom stereocenters. The summed E-state index contributed by atoms with van der Waals surface area (Å²) in [6, 6.07) is 0. The van der Waals surface area contributed by atoms with Gasteiger partial charge in [0.2, 0.25) is 0 Å². The second kappa shape index (κ2) is 264. The van der Waals surface area contributed by atoms with E-state index >= 15 is 0 Å². The van der Waals surface area contributed by atoms with E-state index in [9.17, 15) is 0 Å². The molecular weight excluding hydrogens is 526 g/mol. The molecular formula is C6H14Au2N2O2-4. The van der Waals surface area contributed by atoms with E-state index in [1.165, 1.54) is 0 Å². The van der Waals surface area contributed by atoms with Crippen LogP contribution in [0.1, 0.15) is 0 Å². The minimum atomic E-state index is 0. The zero-order valence-corrected chi connectivity index (χ0v) is 11.7. The van der Waals surface area contributed by atoms with Gasteiger partial charge in [-0.25, -0.2) is 0 Å². The van der Waals surface area contributed by atoms with Crippen LogP contribution < -0.4 is 0 Å². The zero-order valence-electron chi connectivity index (χ0n) is 7.39. The van der Waals surface area contributed by atoms with Gasteiger partial charge in [-0.15, -0.1) is 0 Å². The summed E-state index contributed by atoms with van der Waals surface area (Å²) in [5.74, 6) is 0. The third-order valence-corrected chi connectivity index (χ3v) is 0. The van der Waals surface area contributed by atoms with Crippen molar-refractivity contribution in [3.05, 3.63) is 29.7 Å². The van der Waals surface area contributed by atoms with Crippen molar-refractivity contribution in [1.29, 1.82) is 10.5 Å². The molecule has 0 spiro atoms. The van der Waals surface area contributed by atoms with Gasteiger partial charge in [0, 0.05) is 44.8 Å². The van der Waals surface area contributed by atoms with Gasteiger partial charge in [0.25, 0.3) is 12.5 Å². The first kappa shape index (κ1) is 89.5. The molecule has 6 heteroatoms. The Morgan fingerprint density at radius 3 is 0.667 bits per heavy atom. The van der Waals surface area contributed by atoms with Crippen molar-refractivity contribution in [1.82, 2.24) is 0 Å². The van der Waals surface area contributed by atoms with Crippen LogP contribution in [-0.4, -0.2) is 10.2 Å². The van der Waals surface area contributed by atoms with Crippen molar-refractivity contribution >= 4 is 0 Å². The van der Waals surface area contributed by atoms with E-state index in [2.05, 4.69) is 0 Å². The molecule has 86 valence electrons. The molecule has 0 aliphatic rings. The maximum atomic E-state index is 6.88. The van der Waals surface area contributed by atoms with Crippen LogP contribution in [0.5, 0.6) is 0 Å². The van der Waals surface area contributed by atoms with Crippen LogP contribution in [0.4, 0.5) is 0 Å². The second-order valence-corrected chi connectivity index (χ2v) is 0.200. The summed E-state index contributed by atoms with van der Waals surface area (Å²) in [6.45, 7) is 0. The van der Waals surface area contributed by atoms with E-state index < -0.39 is 0 Å². The molecule has 0 aromatic heterocycles. The van der Waals surface area contributed by atoms with Gasteiger partial charge in [-0.3, -0.25) is 0 Å². The number of nitrogens with zero attached hydrogens (tertiary/aromatic N) is 2. The molecule has 0 saturated heterocycles. The van der Waals surface area contributed by atoms with E-state index in [4.69, 9.17) is 20.7 Å². The summed E-state index contributed by atoms with van der Waals surface area (Å²) in [7, 11) is 0. The largest absolute Gasteiger partial charge is 0.443 e. The Morgan fingerprint density at radius 1 is 0.667 bits per heavy atom. The third kappa shape index (κ3) is 225000. The normalized spacial score (nSPS) is 1.17. The maximum Gasteiger partial charge on any atom is 0.283 e. The van der Waals surface area contributed by atoms with Crippen molar-refractivity contribution < 1.29 is 55.0 Å². The van der Waals surface area contributed by atoms with E-state index in [0.717, 1.165) is 12.5 Å². The average Bonchev–Trinajstić information content (AvgIpc) is 1.39. The Kier molecular flexibility index (Phi) is 1970. The number of hydrogen-bond acceptors (Lipinski definition) is 4. The number of aliphatic hydroxyl groups excluding tert-OH is 2. The van der Waals surface area contributed by atoms with Gasteiger partial charge in [0.15, 0.2) is 0 Å². The summed E-state index contributed by atoms with van der Waals surface area (Å²) in [6.07, 6.45) is 1.50. The van der Waals surface area contributed by atoms with Gasteiger partial charge < -0.3 is 39.9 Å². The molecule has 0 aromatic rings. The van der Waals surface area contributed by atoms with E-state index in [0.29, 0.717) is 0 Å². The van der Waals surface area contributed by atoms with Crippen molar-refractivity contribution in [3.63, 3.8) is 0 Å². The van der Waals surface area contributed by atoms with Crippen LogP contribution in [0.15, 0.2) is 0 Å². The fourth-order valence-corrected chi connectivity index (χ4v) is 0. The molecule has 0 rings (SSSR count). The van der Waals surface area contributed by atoms with Crippen LogP contribution in [0, 0.1) is 52.7 Å². The molecule has 2 radical (unpaired) electrons. The Bertz CT molecular complexity index is 76.5. The van der Waals surface area contributed by atoms with Gasteiger partial charge in [-0.2, -0.15) is 10.5 Å². The van der Waals surface area contributed by atoms with Gasteiger partial charge in [0.05, 0.1) is 0 Å². The topological polar surface area (TPSA) is 88.0 Å². The molecule has 0 saturated carbocycles. The van der Waals surface area contributed by atoms with E-state index in [1.54, 1.807) is 0 Å². The van der Waals surface area contributed by atoms with Gasteiger partial charge in [-0.1, -0.05) is 0 Å². The van der Waals surface area contributed by atoms with Crippen LogP contribution in [0.25, 0.3) is 0 Å². The maximum absolute atomic E-state index is 6.88. The van der Waals surface area contributed by atoms with Gasteiger partial charge in [-0.05, 0) is 0 Å². The fourth-order valence-electron chi connectivity index (χ4n) is 0. The molecule has 2 N–H and O–H groups in total.